The van der Waals surface area contributed by atoms with Crippen LogP contribution in [0.15, 0.2) is 24.3 Å². The van der Waals surface area contributed by atoms with Crippen molar-refractivity contribution in [1.29, 1.82) is 0 Å². The minimum absolute atomic E-state index is 0.0427. The van der Waals surface area contributed by atoms with Crippen molar-refractivity contribution in [2.75, 3.05) is 19.8 Å². The van der Waals surface area contributed by atoms with Gasteiger partial charge in [0.1, 0.15) is 12.4 Å². The molecule has 0 spiro atoms. The summed E-state index contributed by atoms with van der Waals surface area (Å²) in [7, 11) is 0. The van der Waals surface area contributed by atoms with Gasteiger partial charge in [0.15, 0.2) is 0 Å². The van der Waals surface area contributed by atoms with Crippen LogP contribution in [0, 0.1) is 5.92 Å². The van der Waals surface area contributed by atoms with Crippen LogP contribution in [-0.2, 0) is 0 Å². The maximum Gasteiger partial charge on any atom is 0.125 e. The van der Waals surface area contributed by atoms with E-state index in [1.165, 1.54) is 0 Å². The van der Waals surface area contributed by atoms with E-state index < -0.39 is 6.10 Å². The van der Waals surface area contributed by atoms with E-state index >= 15 is 0 Å². The minimum Gasteiger partial charge on any atom is -0.491 e. The second-order valence-electron chi connectivity index (χ2n) is 4.04. The van der Waals surface area contributed by atoms with Crippen molar-refractivity contribution in [2.45, 2.75) is 19.4 Å². The van der Waals surface area contributed by atoms with Crippen molar-refractivity contribution in [1.82, 2.24) is 0 Å². The molecule has 0 bridgehead atoms. The SMILES string of the molecule is C[C@@H](CCO)[C@@H](O)c1ccccc1OCCO. The molecule has 0 unspecified atom stereocenters. The molecule has 0 aromatic heterocycles. The van der Waals surface area contributed by atoms with Gasteiger partial charge in [-0.15, -0.1) is 0 Å². The summed E-state index contributed by atoms with van der Waals surface area (Å²) in [5.41, 5.74) is 0.696. The van der Waals surface area contributed by atoms with Gasteiger partial charge in [-0.1, -0.05) is 25.1 Å². The highest BCUT2D eigenvalue weighted by Gasteiger charge is 2.19. The van der Waals surface area contributed by atoms with Gasteiger partial charge in [-0.25, -0.2) is 0 Å². The summed E-state index contributed by atoms with van der Waals surface area (Å²) >= 11 is 0. The number of rotatable bonds is 7. The molecule has 0 fully saturated rings. The van der Waals surface area contributed by atoms with Crippen molar-refractivity contribution in [3.8, 4) is 5.75 Å². The lowest BCUT2D eigenvalue weighted by Gasteiger charge is -2.21. The van der Waals surface area contributed by atoms with E-state index in [0.717, 1.165) is 0 Å². The largest absolute Gasteiger partial charge is 0.491 e. The molecule has 0 amide bonds. The summed E-state index contributed by atoms with van der Waals surface area (Å²) in [6.07, 6.45) is -0.132. The number of aliphatic hydroxyl groups is 3. The Morgan fingerprint density at radius 1 is 1.18 bits per heavy atom. The summed E-state index contributed by atoms with van der Waals surface area (Å²) in [4.78, 5) is 0. The van der Waals surface area contributed by atoms with Crippen LogP contribution < -0.4 is 4.74 Å². The van der Waals surface area contributed by atoms with Crippen molar-refractivity contribution in [3.63, 3.8) is 0 Å². The van der Waals surface area contributed by atoms with Gasteiger partial charge in [-0.3, -0.25) is 0 Å². The lowest BCUT2D eigenvalue weighted by molar-refractivity contribution is 0.0945. The van der Waals surface area contributed by atoms with Crippen LogP contribution in [0.2, 0.25) is 0 Å². The van der Waals surface area contributed by atoms with Crippen LogP contribution in [-0.4, -0.2) is 35.1 Å². The second-order valence-corrected chi connectivity index (χ2v) is 4.04. The minimum atomic E-state index is -0.669. The predicted octanol–water partition coefficient (Wildman–Crippen LogP) is 1.11. The molecule has 0 saturated carbocycles. The van der Waals surface area contributed by atoms with Crippen molar-refractivity contribution in [2.24, 2.45) is 5.92 Å². The molecule has 4 heteroatoms. The van der Waals surface area contributed by atoms with E-state index in [0.29, 0.717) is 17.7 Å². The fourth-order valence-corrected chi connectivity index (χ4v) is 1.68. The standard InChI is InChI=1S/C13H20O4/c1-10(6-7-14)13(16)11-4-2-3-5-12(11)17-9-8-15/h2-5,10,13-16H,6-9H2,1H3/t10-,13+/m0/s1. The lowest BCUT2D eigenvalue weighted by Crippen LogP contribution is -2.13. The third kappa shape index (κ3) is 4.00. The Balaban J connectivity index is 2.80. The molecule has 1 aromatic rings. The fraction of sp³-hybridized carbons (Fsp3) is 0.538. The molecule has 2 atom stereocenters. The Kier molecular flexibility index (Phi) is 5.97. The number of hydrogen-bond acceptors (Lipinski definition) is 4. The van der Waals surface area contributed by atoms with Crippen molar-refractivity contribution in [3.05, 3.63) is 29.8 Å². The third-order valence-corrected chi connectivity index (χ3v) is 2.71. The number of benzene rings is 1. The maximum absolute atomic E-state index is 10.1. The predicted molar refractivity (Wildman–Crippen MR) is 64.8 cm³/mol. The third-order valence-electron chi connectivity index (χ3n) is 2.71. The molecular weight excluding hydrogens is 220 g/mol. The summed E-state index contributed by atoms with van der Waals surface area (Å²) in [6, 6.07) is 7.21. The molecule has 0 radical (unpaired) electrons. The molecule has 1 rings (SSSR count). The Morgan fingerprint density at radius 2 is 1.88 bits per heavy atom. The Bertz CT molecular complexity index is 327. The van der Waals surface area contributed by atoms with Gasteiger partial charge in [0.2, 0.25) is 0 Å². The first-order valence-corrected chi connectivity index (χ1v) is 5.82. The summed E-state index contributed by atoms with van der Waals surface area (Å²) in [5.74, 6) is 0.540. The molecular formula is C13H20O4. The summed E-state index contributed by atoms with van der Waals surface area (Å²) in [5, 5.41) is 27.7. The zero-order valence-electron chi connectivity index (χ0n) is 10.0. The van der Waals surface area contributed by atoms with E-state index in [-0.39, 0.29) is 25.7 Å². The number of para-hydroxylation sites is 1. The lowest BCUT2D eigenvalue weighted by atomic mass is 9.94. The maximum atomic E-state index is 10.1. The van der Waals surface area contributed by atoms with Crippen LogP contribution >= 0.6 is 0 Å². The van der Waals surface area contributed by atoms with E-state index in [1.807, 2.05) is 19.1 Å². The smallest absolute Gasteiger partial charge is 0.125 e. The molecule has 0 aliphatic heterocycles. The quantitative estimate of drug-likeness (QED) is 0.667. The average Bonchev–Trinajstić information content (AvgIpc) is 2.36. The molecule has 0 aliphatic carbocycles. The highest BCUT2D eigenvalue weighted by atomic mass is 16.5. The number of hydrogen-bond donors (Lipinski definition) is 3. The Labute approximate surface area is 101 Å². The first-order valence-electron chi connectivity index (χ1n) is 5.82. The number of ether oxygens (including phenoxy) is 1. The Morgan fingerprint density at radius 3 is 2.53 bits per heavy atom. The van der Waals surface area contributed by atoms with Gasteiger partial charge >= 0.3 is 0 Å². The van der Waals surface area contributed by atoms with Gasteiger partial charge in [-0.2, -0.15) is 0 Å². The zero-order chi connectivity index (χ0) is 12.7. The van der Waals surface area contributed by atoms with Gasteiger partial charge in [0.05, 0.1) is 12.7 Å². The number of aliphatic hydroxyl groups excluding tert-OH is 3. The van der Waals surface area contributed by atoms with Gasteiger partial charge in [0.25, 0.3) is 0 Å². The highest BCUT2D eigenvalue weighted by molar-refractivity contribution is 5.35. The van der Waals surface area contributed by atoms with E-state index in [1.54, 1.807) is 12.1 Å². The van der Waals surface area contributed by atoms with Gasteiger partial charge < -0.3 is 20.1 Å². The molecule has 0 heterocycles. The van der Waals surface area contributed by atoms with E-state index in [4.69, 9.17) is 14.9 Å². The second kappa shape index (κ2) is 7.27. The highest BCUT2D eigenvalue weighted by Crippen LogP contribution is 2.31. The molecule has 3 N–H and O–H groups in total. The normalized spacial score (nSPS) is 14.4. The topological polar surface area (TPSA) is 69.9 Å². The molecule has 1 aromatic carbocycles. The molecule has 0 saturated heterocycles. The molecule has 4 nitrogen and oxygen atoms in total. The molecule has 0 aliphatic rings. The van der Waals surface area contributed by atoms with Crippen LogP contribution in [0.5, 0.6) is 5.75 Å². The zero-order valence-corrected chi connectivity index (χ0v) is 10.0. The average molecular weight is 240 g/mol. The molecule has 96 valence electrons. The summed E-state index contributed by atoms with van der Waals surface area (Å²) < 4.78 is 5.36. The van der Waals surface area contributed by atoms with Crippen LogP contribution in [0.1, 0.15) is 25.0 Å². The first-order chi connectivity index (χ1) is 8.20. The van der Waals surface area contributed by atoms with E-state index in [2.05, 4.69) is 0 Å². The van der Waals surface area contributed by atoms with Crippen LogP contribution in [0.4, 0.5) is 0 Å². The van der Waals surface area contributed by atoms with Crippen molar-refractivity contribution < 1.29 is 20.1 Å². The Hall–Kier alpha value is -1.10. The molecule has 17 heavy (non-hydrogen) atoms. The van der Waals surface area contributed by atoms with Gasteiger partial charge in [0, 0.05) is 12.2 Å². The first kappa shape index (κ1) is 14.0. The van der Waals surface area contributed by atoms with Crippen molar-refractivity contribution >= 4 is 0 Å². The van der Waals surface area contributed by atoms with Gasteiger partial charge in [-0.05, 0) is 18.4 Å². The monoisotopic (exact) mass is 240 g/mol. The van der Waals surface area contributed by atoms with Crippen LogP contribution in [0.3, 0.4) is 0 Å². The van der Waals surface area contributed by atoms with E-state index in [9.17, 15) is 5.11 Å². The summed E-state index contributed by atoms with van der Waals surface area (Å²) in [6.45, 7) is 2.08. The fourth-order valence-electron chi connectivity index (χ4n) is 1.68. The van der Waals surface area contributed by atoms with Crippen LogP contribution in [0.25, 0.3) is 0 Å².